The minimum absolute atomic E-state index is 0.187. The Balaban J connectivity index is 1.62. The molecule has 2 heterocycles. The Bertz CT molecular complexity index is 506. The van der Waals surface area contributed by atoms with Gasteiger partial charge in [-0.25, -0.2) is 0 Å². The van der Waals surface area contributed by atoms with Crippen molar-refractivity contribution in [1.82, 2.24) is 10.2 Å². The largest absolute Gasteiger partial charge is 0.434 e. The van der Waals surface area contributed by atoms with Gasteiger partial charge in [0.2, 0.25) is 0 Å². The first-order chi connectivity index (χ1) is 10.1. The number of alkyl halides is 2. The average molecular weight is 361 g/mol. The maximum Gasteiger partial charge on any atom is 0.387 e. The van der Waals surface area contributed by atoms with Crippen molar-refractivity contribution >= 4 is 15.9 Å². The van der Waals surface area contributed by atoms with Gasteiger partial charge in [-0.1, -0.05) is 6.07 Å². The van der Waals surface area contributed by atoms with Crippen LogP contribution in [0.15, 0.2) is 22.7 Å². The molecule has 2 aliphatic heterocycles. The van der Waals surface area contributed by atoms with Gasteiger partial charge in [0.1, 0.15) is 5.75 Å². The zero-order valence-electron chi connectivity index (χ0n) is 11.7. The van der Waals surface area contributed by atoms with Crippen LogP contribution in [0.5, 0.6) is 5.75 Å². The fourth-order valence-corrected chi connectivity index (χ4v) is 3.92. The number of rotatable bonds is 4. The van der Waals surface area contributed by atoms with E-state index in [0.29, 0.717) is 9.89 Å². The van der Waals surface area contributed by atoms with E-state index in [4.69, 9.17) is 0 Å². The summed E-state index contributed by atoms with van der Waals surface area (Å²) < 4.78 is 29.5. The monoisotopic (exact) mass is 360 g/mol. The minimum Gasteiger partial charge on any atom is -0.434 e. The van der Waals surface area contributed by atoms with Crippen molar-refractivity contribution in [2.75, 3.05) is 26.2 Å². The van der Waals surface area contributed by atoms with Crippen molar-refractivity contribution in [3.05, 3.63) is 28.2 Å². The molecule has 0 radical (unpaired) electrons. The smallest absolute Gasteiger partial charge is 0.387 e. The van der Waals surface area contributed by atoms with Gasteiger partial charge in [0.15, 0.2) is 0 Å². The fraction of sp³-hybridized carbons (Fsp3) is 0.600. The second-order valence-corrected chi connectivity index (χ2v) is 6.89. The lowest BCUT2D eigenvalue weighted by Crippen LogP contribution is -2.28. The fourth-order valence-electron chi connectivity index (χ4n) is 3.40. The lowest BCUT2D eigenvalue weighted by molar-refractivity contribution is -0.0503. The maximum atomic E-state index is 12.2. The zero-order chi connectivity index (χ0) is 14.9. The first kappa shape index (κ1) is 15.2. The van der Waals surface area contributed by atoms with Crippen LogP contribution in [-0.2, 0) is 6.54 Å². The van der Waals surface area contributed by atoms with Gasteiger partial charge in [0.25, 0.3) is 0 Å². The van der Waals surface area contributed by atoms with Crippen LogP contribution in [0.3, 0.4) is 0 Å². The van der Waals surface area contributed by atoms with Gasteiger partial charge in [-0.3, -0.25) is 4.90 Å². The molecule has 2 aliphatic rings. The molecule has 1 unspecified atom stereocenters. The highest BCUT2D eigenvalue weighted by Crippen LogP contribution is 2.37. The van der Waals surface area contributed by atoms with Crippen LogP contribution in [0, 0.1) is 5.41 Å². The SMILES string of the molecule is FC(F)Oc1ccc(CN2CCC3(CCNC3)C2)cc1Br. The second kappa shape index (κ2) is 6.18. The van der Waals surface area contributed by atoms with Gasteiger partial charge in [-0.2, -0.15) is 8.78 Å². The molecule has 1 spiro atoms. The van der Waals surface area contributed by atoms with E-state index in [1.165, 1.54) is 12.8 Å². The van der Waals surface area contributed by atoms with Crippen molar-refractivity contribution in [2.45, 2.75) is 26.0 Å². The van der Waals surface area contributed by atoms with Crippen LogP contribution < -0.4 is 10.1 Å². The molecule has 21 heavy (non-hydrogen) atoms. The Hall–Kier alpha value is -0.720. The first-order valence-electron chi connectivity index (χ1n) is 7.23. The number of benzene rings is 1. The Kier molecular flexibility index (Phi) is 4.47. The number of ether oxygens (including phenoxy) is 1. The highest BCUT2D eigenvalue weighted by molar-refractivity contribution is 9.10. The molecule has 2 fully saturated rings. The van der Waals surface area contributed by atoms with Gasteiger partial charge >= 0.3 is 6.61 Å². The summed E-state index contributed by atoms with van der Waals surface area (Å²) in [5.74, 6) is 0.187. The van der Waals surface area contributed by atoms with Crippen LogP contribution in [0.1, 0.15) is 18.4 Å². The predicted octanol–water partition coefficient (Wildman–Crippen LogP) is 3.24. The van der Waals surface area contributed by atoms with E-state index in [1.807, 2.05) is 12.1 Å². The third-order valence-electron chi connectivity index (χ3n) is 4.47. The molecule has 1 atom stereocenters. The Morgan fingerprint density at radius 3 is 2.90 bits per heavy atom. The average Bonchev–Trinajstić information content (AvgIpc) is 3.04. The minimum atomic E-state index is -2.79. The standard InChI is InChI=1S/C15H19BrF2N2O/c16-12-7-11(1-2-13(12)21-14(17)18)8-20-6-4-15(10-20)3-5-19-9-15/h1-2,7,14,19H,3-6,8-10H2. The second-order valence-electron chi connectivity index (χ2n) is 6.03. The molecule has 1 aromatic carbocycles. The van der Waals surface area contributed by atoms with E-state index in [0.717, 1.165) is 38.3 Å². The highest BCUT2D eigenvalue weighted by atomic mass is 79.9. The van der Waals surface area contributed by atoms with Crippen LogP contribution in [0.2, 0.25) is 0 Å². The van der Waals surface area contributed by atoms with E-state index in [2.05, 4.69) is 30.9 Å². The summed E-state index contributed by atoms with van der Waals surface area (Å²) in [6, 6.07) is 5.34. The van der Waals surface area contributed by atoms with Gasteiger partial charge in [0, 0.05) is 19.6 Å². The lowest BCUT2D eigenvalue weighted by Gasteiger charge is -2.23. The maximum absolute atomic E-state index is 12.2. The first-order valence-corrected chi connectivity index (χ1v) is 8.02. The van der Waals surface area contributed by atoms with Gasteiger partial charge in [0.05, 0.1) is 4.47 Å². The summed E-state index contributed by atoms with van der Waals surface area (Å²) in [5, 5.41) is 3.45. The molecule has 0 bridgehead atoms. The number of likely N-dealkylation sites (tertiary alicyclic amines) is 1. The highest BCUT2D eigenvalue weighted by Gasteiger charge is 2.39. The molecule has 116 valence electrons. The van der Waals surface area contributed by atoms with Crippen LogP contribution >= 0.6 is 15.9 Å². The Morgan fingerprint density at radius 1 is 1.38 bits per heavy atom. The van der Waals surface area contributed by atoms with Crippen molar-refractivity contribution in [3.8, 4) is 5.75 Å². The number of halogens is 3. The molecule has 0 aromatic heterocycles. The van der Waals surface area contributed by atoms with E-state index in [1.54, 1.807) is 6.07 Å². The molecule has 0 saturated carbocycles. The summed E-state index contributed by atoms with van der Waals surface area (Å²) in [6.07, 6.45) is 2.50. The zero-order valence-corrected chi connectivity index (χ0v) is 13.3. The van der Waals surface area contributed by atoms with Crippen molar-refractivity contribution in [2.24, 2.45) is 5.41 Å². The van der Waals surface area contributed by atoms with Gasteiger partial charge in [-0.05, 0) is 65.0 Å². The van der Waals surface area contributed by atoms with E-state index in [9.17, 15) is 8.78 Å². The van der Waals surface area contributed by atoms with Crippen molar-refractivity contribution in [1.29, 1.82) is 0 Å². The number of nitrogens with one attached hydrogen (secondary N) is 1. The van der Waals surface area contributed by atoms with Gasteiger partial charge < -0.3 is 10.1 Å². The van der Waals surface area contributed by atoms with Gasteiger partial charge in [-0.15, -0.1) is 0 Å². The van der Waals surface area contributed by atoms with E-state index < -0.39 is 6.61 Å². The molecule has 3 rings (SSSR count). The lowest BCUT2D eigenvalue weighted by atomic mass is 9.86. The number of hydrogen-bond acceptors (Lipinski definition) is 3. The molecule has 1 aromatic rings. The predicted molar refractivity (Wildman–Crippen MR) is 80.6 cm³/mol. The molecular formula is C15H19BrF2N2O. The topological polar surface area (TPSA) is 24.5 Å². The van der Waals surface area contributed by atoms with E-state index in [-0.39, 0.29) is 5.75 Å². The molecule has 6 heteroatoms. The quantitative estimate of drug-likeness (QED) is 0.891. The Labute approximate surface area is 131 Å². The van der Waals surface area contributed by atoms with Crippen LogP contribution in [0.4, 0.5) is 8.78 Å². The van der Waals surface area contributed by atoms with Crippen molar-refractivity contribution < 1.29 is 13.5 Å². The number of hydrogen-bond donors (Lipinski definition) is 1. The summed E-state index contributed by atoms with van der Waals surface area (Å²) in [6.45, 7) is 2.53. The summed E-state index contributed by atoms with van der Waals surface area (Å²) >= 11 is 3.30. The molecule has 3 nitrogen and oxygen atoms in total. The van der Waals surface area contributed by atoms with Crippen LogP contribution in [-0.4, -0.2) is 37.7 Å². The normalized spacial score (nSPS) is 26.1. The molecular weight excluding hydrogens is 342 g/mol. The third kappa shape index (κ3) is 3.55. The van der Waals surface area contributed by atoms with E-state index >= 15 is 0 Å². The number of nitrogens with zero attached hydrogens (tertiary/aromatic N) is 1. The summed E-state index contributed by atoms with van der Waals surface area (Å²) in [5.41, 5.74) is 1.57. The summed E-state index contributed by atoms with van der Waals surface area (Å²) in [4.78, 5) is 2.45. The van der Waals surface area contributed by atoms with Crippen molar-refractivity contribution in [3.63, 3.8) is 0 Å². The molecule has 2 saturated heterocycles. The molecule has 1 N–H and O–H groups in total. The summed E-state index contributed by atoms with van der Waals surface area (Å²) in [7, 11) is 0. The molecule has 0 aliphatic carbocycles. The molecule has 0 amide bonds. The third-order valence-corrected chi connectivity index (χ3v) is 5.09. The van der Waals surface area contributed by atoms with Crippen LogP contribution in [0.25, 0.3) is 0 Å². The Morgan fingerprint density at radius 2 is 2.24 bits per heavy atom.